The van der Waals surface area contributed by atoms with E-state index >= 15 is 0 Å². The van der Waals surface area contributed by atoms with Gasteiger partial charge in [-0.1, -0.05) is 85.5 Å². The molecule has 3 radical (unpaired) electrons. The molecule has 0 aliphatic heterocycles. The third-order valence-corrected chi connectivity index (χ3v) is 9.82. The smallest absolute Gasteiger partial charge is 0.258 e. The molecule has 0 aliphatic carbocycles. The summed E-state index contributed by atoms with van der Waals surface area (Å²) in [4.78, 5) is 59.5. The van der Waals surface area contributed by atoms with Gasteiger partial charge >= 0.3 is 0 Å². The molecule has 0 amide bonds. The van der Waals surface area contributed by atoms with E-state index < -0.39 is 0 Å². The largest absolute Gasteiger partial charge is 0.542 e. The summed E-state index contributed by atoms with van der Waals surface area (Å²) in [5.41, 5.74) is 5.08. The summed E-state index contributed by atoms with van der Waals surface area (Å²) in [5, 5.41) is 24.9. The maximum Gasteiger partial charge on any atom is 0.258 e. The molecule has 21 nitrogen and oxygen atoms in total. The molecule has 0 N–H and O–H groups in total. The molecule has 6 aromatic heterocycles. The van der Waals surface area contributed by atoms with Crippen LogP contribution >= 0.6 is 0 Å². The van der Waals surface area contributed by atoms with Crippen molar-refractivity contribution in [2.45, 2.75) is 38.5 Å². The number of nitrogens with zero attached hydrogens (tertiary/aromatic N) is 12. The second-order valence-corrected chi connectivity index (χ2v) is 14.3. The van der Waals surface area contributed by atoms with Crippen LogP contribution in [0.1, 0.15) is 36.9 Å². The van der Waals surface area contributed by atoms with Gasteiger partial charge in [0, 0.05) is 167 Å². The number of aryl methyl sites for hydroxylation is 3. The van der Waals surface area contributed by atoms with Gasteiger partial charge in [0.15, 0.2) is 0 Å². The summed E-state index contributed by atoms with van der Waals surface area (Å²) < 4.78 is 33.3. The Hall–Kier alpha value is -5.96. The summed E-state index contributed by atoms with van der Waals surface area (Å²) in [7, 11) is 0. The van der Waals surface area contributed by atoms with Crippen LogP contribution in [0.2, 0.25) is 0 Å². The van der Waals surface area contributed by atoms with Crippen molar-refractivity contribution in [1.29, 1.82) is 0 Å². The van der Waals surface area contributed by atoms with E-state index in [0.29, 0.717) is 85.2 Å². The van der Waals surface area contributed by atoms with Crippen LogP contribution in [-0.4, -0.2) is 79.7 Å². The standard InChI is InChI=1S/C45H27N12O9.3Y/c58-16-4-13-34-46-37(52-61-34)25-7-1-10-28(19-25)40-49-43(64-55-40)31-22-32(44-50-41(56-65-44)29-11-2-8-26(20-29)38-47-35(62-53-38)14-5-17-59)24-33(23-31)45-51-42(57-66-45)30-12-3-9-27(21-30)39-48-36(63-54-39)15-6-18-60;;;/h1-3,7-12,19-24H,4-6,13-15H2;;;/q-3;;;. The Kier molecular flexibility index (Phi) is 17.4. The van der Waals surface area contributed by atoms with Gasteiger partial charge in [0.2, 0.25) is 52.6 Å². The Morgan fingerprint density at radius 3 is 0.812 bits per heavy atom. The van der Waals surface area contributed by atoms with E-state index in [1.165, 1.54) is 0 Å². The third kappa shape index (κ3) is 11.7. The summed E-state index contributed by atoms with van der Waals surface area (Å²) in [6.45, 7) is 0. The first-order valence-corrected chi connectivity index (χ1v) is 20.0. The monoisotopic (exact) mass is 1150 g/mol. The minimum absolute atomic E-state index is 0. The second kappa shape index (κ2) is 23.6. The van der Waals surface area contributed by atoms with Gasteiger partial charge in [0.1, 0.15) is 0 Å². The van der Waals surface area contributed by atoms with Crippen LogP contribution in [0.4, 0.5) is 0 Å². The molecular weight excluding hydrogens is 1120 g/mol. The molecule has 10 rings (SSSR count). The molecule has 4 aromatic carbocycles. The normalized spacial score (nSPS) is 10.8. The Balaban J connectivity index is 0.00000234. The number of rotatable bonds is 18. The van der Waals surface area contributed by atoms with E-state index in [1.54, 1.807) is 91.0 Å². The predicted octanol–water partition coefficient (Wildman–Crippen LogP) is 7.11. The van der Waals surface area contributed by atoms with Crippen LogP contribution in [-0.2, 0) is 132 Å². The van der Waals surface area contributed by atoms with Gasteiger partial charge in [-0.15, -0.1) is 19.3 Å². The van der Waals surface area contributed by atoms with Crippen LogP contribution < -0.4 is 0 Å². The van der Waals surface area contributed by atoms with Gasteiger partial charge in [-0.3, -0.25) is 18.9 Å². The van der Waals surface area contributed by atoms with Crippen molar-refractivity contribution in [2.75, 3.05) is 0 Å². The SMILES string of the molecule is O=[C-]CCc1nc(-c2cccc(-c3noc(-c4cc(-c5nc(-c6cccc(-c7noc(CC[C-]=O)n7)c6)no5)cc(-c5nc(-c6cccc(-c7noc(CC[C-]=O)n7)c6)no5)c4)n3)c2)no1.[Y].[Y].[Y]. The maximum atomic E-state index is 10.7. The third-order valence-electron chi connectivity index (χ3n) is 9.82. The molecule has 0 aliphatic rings. The molecule has 69 heavy (non-hydrogen) atoms. The van der Waals surface area contributed by atoms with Gasteiger partial charge < -0.3 is 41.5 Å². The molecule has 0 saturated heterocycles. The Morgan fingerprint density at radius 1 is 0.319 bits per heavy atom. The van der Waals surface area contributed by atoms with Crippen LogP contribution in [0.5, 0.6) is 0 Å². The van der Waals surface area contributed by atoms with Crippen molar-refractivity contribution in [1.82, 2.24) is 60.8 Å². The van der Waals surface area contributed by atoms with Crippen molar-refractivity contribution in [2.24, 2.45) is 0 Å². The summed E-state index contributed by atoms with van der Waals surface area (Å²) >= 11 is 0. The molecule has 0 fully saturated rings. The molecule has 0 bridgehead atoms. The fraction of sp³-hybridized carbons (Fsp3) is 0.133. The van der Waals surface area contributed by atoms with Crippen molar-refractivity contribution >= 4 is 18.9 Å². The topological polar surface area (TPSA) is 285 Å². The van der Waals surface area contributed by atoms with Gasteiger partial charge in [-0.05, 0) is 36.4 Å². The minimum atomic E-state index is 0. The Labute approximate surface area is 464 Å². The van der Waals surface area contributed by atoms with Crippen LogP contribution in [0.25, 0.3) is 103 Å². The van der Waals surface area contributed by atoms with E-state index in [1.807, 2.05) is 18.9 Å². The van der Waals surface area contributed by atoms with E-state index in [9.17, 15) is 14.4 Å². The number of aromatic nitrogens is 12. The fourth-order valence-corrected chi connectivity index (χ4v) is 6.66. The average molecular weight is 1150 g/mol. The zero-order valence-electron chi connectivity index (χ0n) is 35.7. The van der Waals surface area contributed by atoms with E-state index in [2.05, 4.69) is 45.9 Å². The number of benzene rings is 4. The quantitative estimate of drug-likeness (QED) is 0.0773. The van der Waals surface area contributed by atoms with Crippen molar-refractivity contribution in [3.63, 3.8) is 0 Å². The first kappa shape index (κ1) is 50.9. The van der Waals surface area contributed by atoms with Crippen molar-refractivity contribution in [3.05, 3.63) is 109 Å². The first-order chi connectivity index (χ1) is 32.5. The molecule has 333 valence electrons. The average Bonchev–Trinajstić information content (AvgIpc) is 4.23. The zero-order valence-corrected chi connectivity index (χ0v) is 44.2. The fourth-order valence-electron chi connectivity index (χ4n) is 6.66. The van der Waals surface area contributed by atoms with Crippen LogP contribution in [0.15, 0.2) is 118 Å². The minimum Gasteiger partial charge on any atom is -0.542 e. The molecular formula is C45H27N12O9Y3-3. The number of hydrogen-bond acceptors (Lipinski definition) is 21. The molecule has 0 spiro atoms. The Bertz CT molecular complexity index is 3000. The van der Waals surface area contributed by atoms with Gasteiger partial charge in [-0.2, -0.15) is 29.9 Å². The van der Waals surface area contributed by atoms with E-state index in [-0.39, 0.29) is 172 Å². The molecule has 24 heteroatoms. The van der Waals surface area contributed by atoms with Crippen molar-refractivity contribution < 1.29 is 140 Å². The van der Waals surface area contributed by atoms with Crippen molar-refractivity contribution in [3.8, 4) is 103 Å². The van der Waals surface area contributed by atoms with Gasteiger partial charge in [-0.25, -0.2) is 0 Å². The molecule has 0 saturated carbocycles. The molecule has 10 aromatic rings. The Morgan fingerprint density at radius 2 is 0.551 bits per heavy atom. The number of carbonyl (C=O) groups excluding carboxylic acids is 3. The number of hydrogen-bond donors (Lipinski definition) is 0. The zero-order chi connectivity index (χ0) is 44.8. The first-order valence-electron chi connectivity index (χ1n) is 20.0. The molecule has 0 unspecified atom stereocenters. The molecule has 0 atom stereocenters. The van der Waals surface area contributed by atoms with Gasteiger partial charge in [0.05, 0.1) is 0 Å². The van der Waals surface area contributed by atoms with Crippen LogP contribution in [0.3, 0.4) is 0 Å². The summed E-state index contributed by atoms with van der Waals surface area (Å²) in [6.07, 6.45) is 6.71. The molecule has 6 heterocycles. The van der Waals surface area contributed by atoms with E-state index in [4.69, 9.17) is 42.1 Å². The van der Waals surface area contributed by atoms with Gasteiger partial charge in [0.25, 0.3) is 17.7 Å². The van der Waals surface area contributed by atoms with E-state index in [0.717, 1.165) is 0 Å². The second-order valence-electron chi connectivity index (χ2n) is 14.3. The summed E-state index contributed by atoms with van der Waals surface area (Å²) in [5.74, 6) is 3.16. The maximum absolute atomic E-state index is 10.7. The summed E-state index contributed by atoms with van der Waals surface area (Å²) in [6, 6.07) is 26.8. The van der Waals surface area contributed by atoms with Crippen LogP contribution in [0, 0.1) is 0 Å². The predicted molar refractivity (Wildman–Crippen MR) is 225 cm³/mol.